The summed E-state index contributed by atoms with van der Waals surface area (Å²) in [7, 11) is 0. The third-order valence-corrected chi connectivity index (χ3v) is 2.44. The molecule has 2 rings (SSSR count). The Morgan fingerprint density at radius 2 is 2.22 bits per heavy atom. The van der Waals surface area contributed by atoms with Crippen LogP contribution in [-0.2, 0) is 6.42 Å². The number of furan rings is 1. The van der Waals surface area contributed by atoms with Crippen molar-refractivity contribution in [3.05, 3.63) is 53.7 Å². The molecule has 0 aliphatic carbocycles. The third kappa shape index (κ3) is 2.88. The predicted molar refractivity (Wildman–Crippen MR) is 62.8 cm³/mol. The molecule has 2 aromatic rings. The number of benzene rings is 1. The second-order valence-electron chi connectivity index (χ2n) is 3.75. The Morgan fingerprint density at radius 1 is 1.39 bits per heavy atom. The topological polar surface area (TPSA) is 62.5 Å². The Bertz CT molecular complexity index is 537. The molecule has 2 N–H and O–H groups in total. The Hall–Kier alpha value is -2.30. The van der Waals surface area contributed by atoms with E-state index in [-0.39, 0.29) is 11.3 Å². The summed E-state index contributed by atoms with van der Waals surface area (Å²) in [5.41, 5.74) is -0.0746. The van der Waals surface area contributed by atoms with Gasteiger partial charge in [-0.05, 0) is 30.3 Å². The number of amides is 1. The fourth-order valence-corrected chi connectivity index (χ4v) is 1.54. The summed E-state index contributed by atoms with van der Waals surface area (Å²) >= 11 is 0. The molecule has 5 heteroatoms. The Kier molecular flexibility index (Phi) is 3.62. The number of nitrogens with one attached hydrogen (secondary N) is 1. The highest BCUT2D eigenvalue weighted by Gasteiger charge is 2.11. The van der Waals surface area contributed by atoms with Crippen molar-refractivity contribution in [1.82, 2.24) is 5.32 Å². The number of phenolic OH excluding ortho intramolecular Hbond substituents is 1. The van der Waals surface area contributed by atoms with E-state index >= 15 is 0 Å². The highest BCUT2D eigenvalue weighted by Crippen LogP contribution is 2.17. The van der Waals surface area contributed by atoms with Gasteiger partial charge in [-0.1, -0.05) is 0 Å². The summed E-state index contributed by atoms with van der Waals surface area (Å²) in [6, 6.07) is 6.80. The summed E-state index contributed by atoms with van der Waals surface area (Å²) in [5, 5.41) is 12.0. The van der Waals surface area contributed by atoms with Gasteiger partial charge in [0.1, 0.15) is 17.3 Å². The van der Waals surface area contributed by atoms with Gasteiger partial charge in [-0.2, -0.15) is 0 Å². The van der Waals surface area contributed by atoms with E-state index < -0.39 is 11.7 Å². The molecule has 1 aromatic carbocycles. The second-order valence-corrected chi connectivity index (χ2v) is 3.75. The molecule has 0 fully saturated rings. The molecule has 0 atom stereocenters. The van der Waals surface area contributed by atoms with E-state index in [1.807, 2.05) is 0 Å². The molecule has 94 valence electrons. The van der Waals surface area contributed by atoms with E-state index in [0.717, 1.165) is 24.0 Å². The monoisotopic (exact) mass is 249 g/mol. The normalized spacial score (nSPS) is 10.3. The molecule has 1 aromatic heterocycles. The van der Waals surface area contributed by atoms with Crippen LogP contribution in [0.15, 0.2) is 41.0 Å². The SMILES string of the molecule is O=C(NCCc1ccco1)c1cc(F)ccc1O. The lowest BCUT2D eigenvalue weighted by Crippen LogP contribution is -2.25. The Labute approximate surface area is 103 Å². The smallest absolute Gasteiger partial charge is 0.255 e. The number of rotatable bonds is 4. The van der Waals surface area contributed by atoms with E-state index in [2.05, 4.69) is 5.32 Å². The van der Waals surface area contributed by atoms with Crippen LogP contribution in [0, 0.1) is 5.82 Å². The van der Waals surface area contributed by atoms with Crippen molar-refractivity contribution in [3.63, 3.8) is 0 Å². The van der Waals surface area contributed by atoms with E-state index in [4.69, 9.17) is 4.42 Å². The second kappa shape index (κ2) is 5.35. The molecule has 0 radical (unpaired) electrons. The van der Waals surface area contributed by atoms with Crippen molar-refractivity contribution < 1.29 is 18.7 Å². The van der Waals surface area contributed by atoms with E-state index in [9.17, 15) is 14.3 Å². The minimum Gasteiger partial charge on any atom is -0.507 e. The van der Waals surface area contributed by atoms with Crippen LogP contribution in [0.4, 0.5) is 4.39 Å². The van der Waals surface area contributed by atoms with Crippen molar-refractivity contribution in [2.75, 3.05) is 6.54 Å². The minimum absolute atomic E-state index is 0.0746. The average Bonchev–Trinajstić information content (AvgIpc) is 2.85. The predicted octanol–water partition coefficient (Wildman–Crippen LogP) is 2.10. The van der Waals surface area contributed by atoms with Gasteiger partial charge in [-0.15, -0.1) is 0 Å². The van der Waals surface area contributed by atoms with Gasteiger partial charge in [0.15, 0.2) is 0 Å². The fraction of sp³-hybridized carbons (Fsp3) is 0.154. The molecule has 1 amide bonds. The van der Waals surface area contributed by atoms with Gasteiger partial charge in [-0.3, -0.25) is 4.79 Å². The van der Waals surface area contributed by atoms with Crippen molar-refractivity contribution in [1.29, 1.82) is 0 Å². The van der Waals surface area contributed by atoms with Gasteiger partial charge < -0.3 is 14.8 Å². The van der Waals surface area contributed by atoms with Crippen molar-refractivity contribution in [3.8, 4) is 5.75 Å². The first-order chi connectivity index (χ1) is 8.66. The molecule has 4 nitrogen and oxygen atoms in total. The number of aromatic hydroxyl groups is 1. The summed E-state index contributed by atoms with van der Waals surface area (Å²) in [6.45, 7) is 0.350. The fourth-order valence-electron chi connectivity index (χ4n) is 1.54. The molecule has 1 heterocycles. The molecule has 18 heavy (non-hydrogen) atoms. The van der Waals surface area contributed by atoms with Crippen molar-refractivity contribution >= 4 is 5.91 Å². The van der Waals surface area contributed by atoms with Crippen LogP contribution < -0.4 is 5.32 Å². The van der Waals surface area contributed by atoms with Gasteiger partial charge >= 0.3 is 0 Å². The summed E-state index contributed by atoms with van der Waals surface area (Å²) in [5.74, 6) is -0.576. The Morgan fingerprint density at radius 3 is 2.94 bits per heavy atom. The largest absolute Gasteiger partial charge is 0.507 e. The van der Waals surface area contributed by atoms with Crippen LogP contribution in [0.3, 0.4) is 0 Å². The quantitative estimate of drug-likeness (QED) is 0.872. The number of phenols is 1. The third-order valence-electron chi connectivity index (χ3n) is 2.44. The lowest BCUT2D eigenvalue weighted by molar-refractivity contribution is 0.0950. The molecule has 0 unspecified atom stereocenters. The summed E-state index contributed by atoms with van der Waals surface area (Å²) < 4.78 is 18.1. The zero-order valence-electron chi connectivity index (χ0n) is 9.52. The first-order valence-corrected chi connectivity index (χ1v) is 5.46. The molecule has 0 aliphatic heterocycles. The van der Waals surface area contributed by atoms with Crippen LogP contribution in [-0.4, -0.2) is 17.6 Å². The van der Waals surface area contributed by atoms with Crippen LogP contribution in [0.2, 0.25) is 0 Å². The minimum atomic E-state index is -0.566. The highest BCUT2D eigenvalue weighted by atomic mass is 19.1. The highest BCUT2D eigenvalue weighted by molar-refractivity contribution is 5.96. The number of hydrogen-bond acceptors (Lipinski definition) is 3. The molecule has 0 aliphatic rings. The molecule has 0 spiro atoms. The Balaban J connectivity index is 1.93. The van der Waals surface area contributed by atoms with Gasteiger partial charge in [-0.25, -0.2) is 4.39 Å². The number of halogens is 1. The maximum Gasteiger partial charge on any atom is 0.255 e. The average molecular weight is 249 g/mol. The van der Waals surface area contributed by atoms with Gasteiger partial charge in [0.25, 0.3) is 5.91 Å². The lowest BCUT2D eigenvalue weighted by Gasteiger charge is -2.06. The number of hydrogen-bond donors (Lipinski definition) is 2. The first-order valence-electron chi connectivity index (χ1n) is 5.46. The molecule has 0 saturated heterocycles. The molecular formula is C13H12FNO3. The first kappa shape index (κ1) is 12.2. The van der Waals surface area contributed by atoms with E-state index in [0.29, 0.717) is 13.0 Å². The van der Waals surface area contributed by atoms with Crippen LogP contribution in [0.1, 0.15) is 16.1 Å². The molecule has 0 bridgehead atoms. The van der Waals surface area contributed by atoms with Gasteiger partial charge in [0.2, 0.25) is 0 Å². The lowest BCUT2D eigenvalue weighted by atomic mass is 10.2. The van der Waals surface area contributed by atoms with Gasteiger partial charge in [0.05, 0.1) is 11.8 Å². The zero-order valence-corrected chi connectivity index (χ0v) is 9.52. The number of carbonyl (C=O) groups is 1. The van der Waals surface area contributed by atoms with Crippen LogP contribution in [0.5, 0.6) is 5.75 Å². The van der Waals surface area contributed by atoms with Crippen molar-refractivity contribution in [2.24, 2.45) is 0 Å². The van der Waals surface area contributed by atoms with E-state index in [1.54, 1.807) is 18.4 Å². The standard InChI is InChI=1S/C13H12FNO3/c14-9-3-4-12(16)11(8-9)13(17)15-6-5-10-2-1-7-18-10/h1-4,7-8,16H,5-6H2,(H,15,17). The zero-order chi connectivity index (χ0) is 13.0. The summed E-state index contributed by atoms with van der Waals surface area (Å²) in [4.78, 5) is 11.7. The van der Waals surface area contributed by atoms with Crippen LogP contribution in [0.25, 0.3) is 0 Å². The molecule has 0 saturated carbocycles. The number of carbonyl (C=O) groups excluding carboxylic acids is 1. The molecular weight excluding hydrogens is 237 g/mol. The maximum absolute atomic E-state index is 12.9. The van der Waals surface area contributed by atoms with Crippen LogP contribution >= 0.6 is 0 Å². The summed E-state index contributed by atoms with van der Waals surface area (Å²) in [6.07, 6.45) is 2.09. The van der Waals surface area contributed by atoms with Crippen molar-refractivity contribution in [2.45, 2.75) is 6.42 Å². The maximum atomic E-state index is 12.9. The van der Waals surface area contributed by atoms with E-state index in [1.165, 1.54) is 0 Å². The van der Waals surface area contributed by atoms with Gasteiger partial charge in [0, 0.05) is 13.0 Å².